The fraction of sp³-hybridized carbons (Fsp3) is 0.423. The first kappa shape index (κ1) is 26.7. The van der Waals surface area contributed by atoms with Crippen molar-refractivity contribution in [2.24, 2.45) is 5.92 Å². The Morgan fingerprint density at radius 3 is 1.91 bits per heavy atom. The fourth-order valence-electron chi connectivity index (χ4n) is 3.09. The van der Waals surface area contributed by atoms with Gasteiger partial charge in [-0.05, 0) is 62.6 Å². The molecule has 0 heterocycles. The van der Waals surface area contributed by atoms with Crippen LogP contribution in [-0.4, -0.2) is 43.5 Å². The summed E-state index contributed by atoms with van der Waals surface area (Å²) in [4.78, 5) is 38.3. The summed E-state index contributed by atoms with van der Waals surface area (Å²) in [6, 6.07) is 10.7. The molecule has 0 radical (unpaired) electrons. The summed E-state index contributed by atoms with van der Waals surface area (Å²) in [6.45, 7) is 9.62. The van der Waals surface area contributed by atoms with E-state index in [0.29, 0.717) is 28.3 Å². The minimum absolute atomic E-state index is 0.169. The average molecular weight is 470 g/mol. The van der Waals surface area contributed by atoms with Gasteiger partial charge in [0.25, 0.3) is 11.8 Å². The molecule has 0 aliphatic rings. The molecular weight excluding hydrogens is 434 g/mol. The Hall–Kier alpha value is -3.55. The van der Waals surface area contributed by atoms with E-state index in [1.165, 1.54) is 14.2 Å². The summed E-state index contributed by atoms with van der Waals surface area (Å²) in [6.07, 6.45) is 0.803. The van der Waals surface area contributed by atoms with Crippen LogP contribution in [0.3, 0.4) is 0 Å². The van der Waals surface area contributed by atoms with Crippen LogP contribution in [0.5, 0.6) is 11.5 Å². The first-order chi connectivity index (χ1) is 16.0. The van der Waals surface area contributed by atoms with Gasteiger partial charge < -0.3 is 25.4 Å². The van der Waals surface area contributed by atoms with Crippen molar-refractivity contribution < 1.29 is 23.9 Å². The Labute approximate surface area is 201 Å². The lowest BCUT2D eigenvalue weighted by Crippen LogP contribution is -2.47. The topological polar surface area (TPSA) is 106 Å². The first-order valence-corrected chi connectivity index (χ1v) is 11.3. The highest BCUT2D eigenvalue weighted by molar-refractivity contribution is 6.02. The van der Waals surface area contributed by atoms with Gasteiger partial charge in [0.2, 0.25) is 5.91 Å². The molecule has 8 heteroatoms. The predicted molar refractivity (Wildman–Crippen MR) is 133 cm³/mol. The number of carbonyl (C=O) groups excluding carboxylic acids is 3. The van der Waals surface area contributed by atoms with Crippen molar-refractivity contribution in [2.45, 2.75) is 52.6 Å². The van der Waals surface area contributed by atoms with Gasteiger partial charge in [-0.1, -0.05) is 20.8 Å². The molecule has 2 aromatic carbocycles. The molecule has 0 aliphatic carbocycles. The Morgan fingerprint density at radius 1 is 0.882 bits per heavy atom. The first-order valence-electron chi connectivity index (χ1n) is 11.3. The van der Waals surface area contributed by atoms with Gasteiger partial charge in [0.15, 0.2) is 0 Å². The number of amides is 3. The van der Waals surface area contributed by atoms with Crippen molar-refractivity contribution >= 4 is 23.4 Å². The normalized spacial score (nSPS) is 12.0. The van der Waals surface area contributed by atoms with Crippen LogP contribution in [0, 0.1) is 5.92 Å². The molecule has 0 spiro atoms. The number of benzene rings is 2. The Bertz CT molecular complexity index is 993. The van der Waals surface area contributed by atoms with Gasteiger partial charge in [0.05, 0.1) is 14.2 Å². The summed E-state index contributed by atoms with van der Waals surface area (Å²) < 4.78 is 10.4. The van der Waals surface area contributed by atoms with Crippen molar-refractivity contribution in [1.82, 2.24) is 10.6 Å². The molecule has 3 N–H and O–H groups in total. The average Bonchev–Trinajstić information content (AvgIpc) is 2.81. The maximum atomic E-state index is 13.0. The molecule has 0 saturated carbocycles. The lowest BCUT2D eigenvalue weighted by Gasteiger charge is -2.24. The van der Waals surface area contributed by atoms with E-state index in [1.807, 2.05) is 34.6 Å². The van der Waals surface area contributed by atoms with Gasteiger partial charge in [-0.25, -0.2) is 0 Å². The van der Waals surface area contributed by atoms with Gasteiger partial charge in [-0.3, -0.25) is 14.4 Å². The molecule has 0 aromatic heterocycles. The third kappa shape index (κ3) is 7.23. The zero-order chi connectivity index (χ0) is 25.5. The second-order valence-corrected chi connectivity index (χ2v) is 9.05. The van der Waals surface area contributed by atoms with Gasteiger partial charge in [0.1, 0.15) is 17.5 Å². The van der Waals surface area contributed by atoms with Crippen LogP contribution in [-0.2, 0) is 4.79 Å². The van der Waals surface area contributed by atoms with E-state index in [4.69, 9.17) is 9.47 Å². The third-order valence-corrected chi connectivity index (χ3v) is 5.60. The van der Waals surface area contributed by atoms with Crippen LogP contribution in [0.4, 0.5) is 5.69 Å². The molecule has 34 heavy (non-hydrogen) atoms. The number of hydrogen-bond donors (Lipinski definition) is 3. The predicted octanol–water partition coefficient (Wildman–Crippen LogP) is 4.02. The van der Waals surface area contributed by atoms with Crippen LogP contribution in [0.15, 0.2) is 42.5 Å². The highest BCUT2D eigenvalue weighted by Gasteiger charge is 2.25. The molecule has 0 saturated heterocycles. The molecule has 2 rings (SSSR count). The molecular formula is C26H35N3O5. The van der Waals surface area contributed by atoms with Crippen LogP contribution in [0.1, 0.15) is 61.8 Å². The van der Waals surface area contributed by atoms with E-state index in [1.54, 1.807) is 42.5 Å². The largest absolute Gasteiger partial charge is 0.497 e. The Morgan fingerprint density at radius 2 is 1.44 bits per heavy atom. The van der Waals surface area contributed by atoms with E-state index in [-0.39, 0.29) is 23.3 Å². The fourth-order valence-corrected chi connectivity index (χ4v) is 3.09. The van der Waals surface area contributed by atoms with Crippen molar-refractivity contribution in [3.63, 3.8) is 0 Å². The van der Waals surface area contributed by atoms with Crippen molar-refractivity contribution in [1.29, 1.82) is 0 Å². The van der Waals surface area contributed by atoms with E-state index in [2.05, 4.69) is 16.0 Å². The summed E-state index contributed by atoms with van der Waals surface area (Å²) in [5.74, 6) is -0.175. The number of nitrogens with one attached hydrogen (secondary N) is 3. The standard InChI is InChI=1S/C26H35N3O5/c1-8-26(4,5)29-24(31)17-9-11-19(12-10-17)27-25(32)22(16(2)3)28-23(30)18-13-20(33-6)15-21(14-18)34-7/h9-16,22H,8H2,1-7H3,(H,27,32)(H,28,30)(H,29,31). The van der Waals surface area contributed by atoms with Crippen LogP contribution < -0.4 is 25.4 Å². The SMILES string of the molecule is CCC(C)(C)NC(=O)c1ccc(NC(=O)C(NC(=O)c2cc(OC)cc(OC)c2)C(C)C)cc1. The van der Waals surface area contributed by atoms with Crippen molar-refractivity contribution in [3.05, 3.63) is 53.6 Å². The van der Waals surface area contributed by atoms with Crippen LogP contribution in [0.25, 0.3) is 0 Å². The van der Waals surface area contributed by atoms with E-state index >= 15 is 0 Å². The molecule has 2 aromatic rings. The molecule has 184 valence electrons. The van der Waals surface area contributed by atoms with Gasteiger partial charge >= 0.3 is 0 Å². The summed E-state index contributed by atoms with van der Waals surface area (Å²) in [5.41, 5.74) is 1.04. The lowest BCUT2D eigenvalue weighted by atomic mass is 10.0. The maximum absolute atomic E-state index is 13.0. The lowest BCUT2D eigenvalue weighted by molar-refractivity contribution is -0.118. The monoisotopic (exact) mass is 469 g/mol. The second-order valence-electron chi connectivity index (χ2n) is 9.05. The molecule has 1 atom stereocenters. The van der Waals surface area contributed by atoms with Gasteiger partial charge in [-0.2, -0.15) is 0 Å². The highest BCUT2D eigenvalue weighted by atomic mass is 16.5. The zero-order valence-electron chi connectivity index (χ0n) is 20.9. The molecule has 3 amide bonds. The third-order valence-electron chi connectivity index (χ3n) is 5.60. The van der Waals surface area contributed by atoms with Gasteiger partial charge in [0, 0.05) is 28.4 Å². The summed E-state index contributed by atoms with van der Waals surface area (Å²) in [5, 5.41) is 8.58. The van der Waals surface area contributed by atoms with Gasteiger partial charge in [-0.15, -0.1) is 0 Å². The molecule has 1 unspecified atom stereocenters. The Kier molecular flexibility index (Phi) is 9.06. The molecule has 8 nitrogen and oxygen atoms in total. The number of ether oxygens (including phenoxy) is 2. The maximum Gasteiger partial charge on any atom is 0.252 e. The van der Waals surface area contributed by atoms with Crippen LogP contribution in [0.2, 0.25) is 0 Å². The molecule has 0 aliphatic heterocycles. The quantitative estimate of drug-likeness (QED) is 0.487. The smallest absolute Gasteiger partial charge is 0.252 e. The molecule has 0 bridgehead atoms. The highest BCUT2D eigenvalue weighted by Crippen LogP contribution is 2.23. The number of anilines is 1. The summed E-state index contributed by atoms with van der Waals surface area (Å²) in [7, 11) is 3.00. The minimum Gasteiger partial charge on any atom is -0.497 e. The number of methoxy groups -OCH3 is 2. The number of carbonyl (C=O) groups is 3. The Balaban J connectivity index is 2.10. The molecule has 0 fully saturated rings. The zero-order valence-corrected chi connectivity index (χ0v) is 20.9. The van der Waals surface area contributed by atoms with Crippen molar-refractivity contribution in [2.75, 3.05) is 19.5 Å². The van der Waals surface area contributed by atoms with Crippen LogP contribution >= 0.6 is 0 Å². The van der Waals surface area contributed by atoms with Crippen molar-refractivity contribution in [3.8, 4) is 11.5 Å². The summed E-state index contributed by atoms with van der Waals surface area (Å²) >= 11 is 0. The second kappa shape index (κ2) is 11.5. The number of rotatable bonds is 10. The minimum atomic E-state index is -0.780. The van der Waals surface area contributed by atoms with E-state index in [9.17, 15) is 14.4 Å². The van der Waals surface area contributed by atoms with E-state index in [0.717, 1.165) is 6.42 Å². The number of hydrogen-bond acceptors (Lipinski definition) is 5. The van der Waals surface area contributed by atoms with E-state index < -0.39 is 11.9 Å².